The van der Waals surface area contributed by atoms with Crippen LogP contribution >= 0.6 is 0 Å². The van der Waals surface area contributed by atoms with Crippen molar-refractivity contribution in [3.63, 3.8) is 0 Å². The Balaban J connectivity index is 1.86. The molecule has 0 aliphatic carbocycles. The van der Waals surface area contributed by atoms with Crippen LogP contribution in [-0.4, -0.2) is 13.3 Å². The van der Waals surface area contributed by atoms with Crippen molar-refractivity contribution in [3.05, 3.63) is 65.7 Å². The van der Waals surface area contributed by atoms with E-state index in [9.17, 15) is 0 Å². The van der Waals surface area contributed by atoms with Gasteiger partial charge in [-0.05, 0) is 17.7 Å². The monoisotopic (exact) mass is 240 g/mol. The summed E-state index contributed by atoms with van der Waals surface area (Å²) in [6.45, 7) is 0.400. The Labute approximate surface area is 107 Å². The molecule has 2 aromatic carbocycles. The van der Waals surface area contributed by atoms with Crippen LogP contribution in [0, 0.1) is 0 Å². The van der Waals surface area contributed by atoms with Crippen LogP contribution in [0.15, 0.2) is 59.8 Å². The quantitative estimate of drug-likeness (QED) is 0.594. The van der Waals surface area contributed by atoms with Crippen LogP contribution in [0.1, 0.15) is 11.1 Å². The Morgan fingerprint density at radius 1 is 1.06 bits per heavy atom. The van der Waals surface area contributed by atoms with Crippen LogP contribution < -0.4 is 4.74 Å². The zero-order valence-corrected chi connectivity index (χ0v) is 10.2. The molecule has 0 atom stereocenters. The summed E-state index contributed by atoms with van der Waals surface area (Å²) in [6.07, 6.45) is 2.82. The molecule has 0 aliphatic heterocycles. The van der Waals surface area contributed by atoms with Crippen molar-refractivity contribution in [3.8, 4) is 5.75 Å². The lowest BCUT2D eigenvalue weighted by molar-refractivity contribution is 0.132. The largest absolute Gasteiger partial charge is 0.497 e. The first-order valence-corrected chi connectivity index (χ1v) is 5.64. The highest BCUT2D eigenvalue weighted by molar-refractivity contribution is 5.78. The SMILES string of the molecule is COc1cccc(CO/N=[C]\c2ccccc2)c1. The fraction of sp³-hybridized carbons (Fsp3) is 0.133. The summed E-state index contributed by atoms with van der Waals surface area (Å²) in [5.74, 6) is 0.812. The van der Waals surface area contributed by atoms with Gasteiger partial charge in [0.1, 0.15) is 18.6 Å². The van der Waals surface area contributed by atoms with Crippen LogP contribution in [0.5, 0.6) is 5.75 Å². The lowest BCUT2D eigenvalue weighted by Crippen LogP contribution is -1.90. The Morgan fingerprint density at radius 2 is 1.89 bits per heavy atom. The summed E-state index contributed by atoms with van der Waals surface area (Å²) in [7, 11) is 1.64. The Kier molecular flexibility index (Phi) is 4.36. The lowest BCUT2D eigenvalue weighted by Gasteiger charge is -2.02. The van der Waals surface area contributed by atoms with Crippen LogP contribution in [-0.2, 0) is 11.4 Å². The van der Waals surface area contributed by atoms with E-state index in [1.807, 2.05) is 54.6 Å². The van der Waals surface area contributed by atoms with Crippen LogP contribution in [0.2, 0.25) is 0 Å². The average molecular weight is 240 g/mol. The molecule has 0 amide bonds. The number of hydrogen-bond donors (Lipinski definition) is 0. The number of rotatable bonds is 5. The molecule has 1 radical (unpaired) electrons. The second-order valence-electron chi connectivity index (χ2n) is 3.69. The molecule has 0 fully saturated rings. The molecule has 2 rings (SSSR count). The van der Waals surface area contributed by atoms with E-state index in [-0.39, 0.29) is 0 Å². The standard InChI is InChI=1S/C15H14NO2/c1-17-15-9-5-8-14(10-15)12-18-16-11-13-6-3-2-4-7-13/h2-10H,12H2,1H3. The Morgan fingerprint density at radius 3 is 2.67 bits per heavy atom. The van der Waals surface area contributed by atoms with Gasteiger partial charge in [-0.3, -0.25) is 0 Å². The number of methoxy groups -OCH3 is 1. The first kappa shape index (κ1) is 12.2. The molecular formula is C15H14NO2. The summed E-state index contributed by atoms with van der Waals surface area (Å²) >= 11 is 0. The third-order valence-electron chi connectivity index (χ3n) is 2.38. The van der Waals surface area contributed by atoms with Crippen molar-refractivity contribution in [1.29, 1.82) is 0 Å². The van der Waals surface area contributed by atoms with Gasteiger partial charge in [-0.25, -0.2) is 0 Å². The fourth-order valence-corrected chi connectivity index (χ4v) is 1.47. The minimum atomic E-state index is 0.400. The van der Waals surface area contributed by atoms with Crippen molar-refractivity contribution < 1.29 is 9.57 Å². The van der Waals surface area contributed by atoms with Crippen molar-refractivity contribution in [2.45, 2.75) is 6.61 Å². The van der Waals surface area contributed by atoms with Gasteiger partial charge in [-0.1, -0.05) is 47.6 Å². The first-order valence-electron chi connectivity index (χ1n) is 5.64. The molecule has 0 N–H and O–H groups in total. The van der Waals surface area contributed by atoms with E-state index >= 15 is 0 Å². The summed E-state index contributed by atoms with van der Waals surface area (Å²) in [4.78, 5) is 5.18. The predicted octanol–water partition coefficient (Wildman–Crippen LogP) is 3.12. The van der Waals surface area contributed by atoms with Crippen LogP contribution in [0.3, 0.4) is 0 Å². The summed E-state index contributed by atoms with van der Waals surface area (Å²) < 4.78 is 5.13. The number of nitrogens with zero attached hydrogens (tertiary/aromatic N) is 1. The molecule has 0 unspecified atom stereocenters. The first-order chi connectivity index (χ1) is 8.88. The van der Waals surface area contributed by atoms with Gasteiger partial charge in [-0.15, -0.1) is 0 Å². The topological polar surface area (TPSA) is 30.8 Å². The molecule has 0 bridgehead atoms. The number of ether oxygens (including phenoxy) is 1. The molecule has 3 nitrogen and oxygen atoms in total. The van der Waals surface area contributed by atoms with Gasteiger partial charge in [0.05, 0.1) is 7.11 Å². The third-order valence-corrected chi connectivity index (χ3v) is 2.38. The van der Waals surface area contributed by atoms with E-state index in [0.717, 1.165) is 16.9 Å². The smallest absolute Gasteiger partial charge is 0.142 e. The molecule has 0 heterocycles. The van der Waals surface area contributed by atoms with Gasteiger partial charge in [0.25, 0.3) is 0 Å². The van der Waals surface area contributed by atoms with Crippen molar-refractivity contribution in [2.75, 3.05) is 7.11 Å². The van der Waals surface area contributed by atoms with E-state index in [0.29, 0.717) is 6.61 Å². The molecule has 91 valence electrons. The minimum Gasteiger partial charge on any atom is -0.497 e. The highest BCUT2D eigenvalue weighted by Crippen LogP contribution is 2.13. The second kappa shape index (κ2) is 6.45. The fourth-order valence-electron chi connectivity index (χ4n) is 1.47. The van der Waals surface area contributed by atoms with E-state index in [4.69, 9.17) is 9.57 Å². The molecule has 0 saturated heterocycles. The van der Waals surface area contributed by atoms with Gasteiger partial charge >= 0.3 is 0 Å². The Bertz CT molecular complexity index is 509. The van der Waals surface area contributed by atoms with Gasteiger partial charge in [0.15, 0.2) is 0 Å². The zero-order chi connectivity index (χ0) is 12.6. The molecule has 0 aliphatic rings. The van der Waals surface area contributed by atoms with Gasteiger partial charge in [0.2, 0.25) is 0 Å². The number of benzene rings is 2. The van der Waals surface area contributed by atoms with Crippen LogP contribution in [0.25, 0.3) is 0 Å². The molecule has 3 heteroatoms. The van der Waals surface area contributed by atoms with Gasteiger partial charge in [0, 0.05) is 5.56 Å². The molecule has 0 spiro atoms. The van der Waals surface area contributed by atoms with Gasteiger partial charge < -0.3 is 9.57 Å². The normalized spacial score (nSPS) is 10.5. The zero-order valence-electron chi connectivity index (χ0n) is 10.2. The second-order valence-corrected chi connectivity index (χ2v) is 3.69. The number of hydrogen-bond acceptors (Lipinski definition) is 3. The van der Waals surface area contributed by atoms with E-state index < -0.39 is 0 Å². The average Bonchev–Trinajstić information content (AvgIpc) is 2.45. The summed E-state index contributed by atoms with van der Waals surface area (Å²) in [5.41, 5.74) is 1.90. The molecular weight excluding hydrogens is 226 g/mol. The minimum absolute atomic E-state index is 0.400. The maximum Gasteiger partial charge on any atom is 0.142 e. The van der Waals surface area contributed by atoms with E-state index in [1.165, 1.54) is 0 Å². The summed E-state index contributed by atoms with van der Waals surface area (Å²) in [6, 6.07) is 17.3. The van der Waals surface area contributed by atoms with E-state index in [2.05, 4.69) is 11.4 Å². The van der Waals surface area contributed by atoms with Crippen LogP contribution in [0.4, 0.5) is 0 Å². The van der Waals surface area contributed by atoms with Gasteiger partial charge in [-0.2, -0.15) is 0 Å². The maximum atomic E-state index is 5.18. The van der Waals surface area contributed by atoms with Crippen molar-refractivity contribution >= 4 is 6.21 Å². The molecule has 2 aromatic rings. The lowest BCUT2D eigenvalue weighted by atomic mass is 10.2. The molecule has 0 aromatic heterocycles. The summed E-state index contributed by atoms with van der Waals surface area (Å²) in [5, 5.41) is 3.80. The molecule has 18 heavy (non-hydrogen) atoms. The molecule has 0 saturated carbocycles. The van der Waals surface area contributed by atoms with E-state index in [1.54, 1.807) is 7.11 Å². The maximum absolute atomic E-state index is 5.18. The van der Waals surface area contributed by atoms with Crippen molar-refractivity contribution in [1.82, 2.24) is 0 Å². The highest BCUT2D eigenvalue weighted by atomic mass is 16.6. The van der Waals surface area contributed by atoms with Crippen molar-refractivity contribution in [2.24, 2.45) is 5.16 Å². The Hall–Kier alpha value is -2.29. The third kappa shape index (κ3) is 3.63. The predicted molar refractivity (Wildman–Crippen MR) is 70.8 cm³/mol. The highest BCUT2D eigenvalue weighted by Gasteiger charge is 1.95.